The van der Waals surface area contributed by atoms with Crippen LogP contribution in [0.5, 0.6) is 0 Å². The zero-order valence-electron chi connectivity index (χ0n) is 12.0. The van der Waals surface area contributed by atoms with Crippen molar-refractivity contribution in [1.82, 2.24) is 10.2 Å². The first-order valence-corrected chi connectivity index (χ1v) is 7.16. The molecule has 2 atom stereocenters. The highest BCUT2D eigenvalue weighted by molar-refractivity contribution is 4.82. The Morgan fingerprint density at radius 3 is 2.41 bits per heavy atom. The highest BCUT2D eigenvalue weighted by Gasteiger charge is 2.25. The molecule has 2 unspecified atom stereocenters. The van der Waals surface area contributed by atoms with E-state index in [-0.39, 0.29) is 0 Å². The molecule has 102 valence electrons. The Bertz CT molecular complexity index is 210. The Morgan fingerprint density at radius 2 is 1.94 bits per heavy atom. The molecule has 2 N–H and O–H groups in total. The van der Waals surface area contributed by atoms with E-state index in [1.54, 1.807) is 0 Å². The summed E-state index contributed by atoms with van der Waals surface area (Å²) in [6, 6.07) is 0.520. The number of rotatable bonds is 6. The summed E-state index contributed by atoms with van der Waals surface area (Å²) in [5.41, 5.74) is -0.557. The number of likely N-dealkylation sites (tertiary alicyclic amines) is 1. The molecule has 3 heteroatoms. The first-order chi connectivity index (χ1) is 7.98. The van der Waals surface area contributed by atoms with E-state index >= 15 is 0 Å². The second kappa shape index (κ2) is 6.72. The van der Waals surface area contributed by atoms with Gasteiger partial charge in [-0.15, -0.1) is 0 Å². The average molecular weight is 242 g/mol. The molecule has 0 radical (unpaired) electrons. The highest BCUT2D eigenvalue weighted by atomic mass is 16.3. The Kier molecular flexibility index (Phi) is 5.90. The molecular formula is C14H30N2O. The minimum Gasteiger partial charge on any atom is -0.389 e. The Labute approximate surface area is 107 Å². The third-order valence-electron chi connectivity index (χ3n) is 4.35. The maximum Gasteiger partial charge on any atom is 0.0741 e. The van der Waals surface area contributed by atoms with Crippen LogP contribution in [0.4, 0.5) is 0 Å². The lowest BCUT2D eigenvalue weighted by atomic mass is 9.90. The summed E-state index contributed by atoms with van der Waals surface area (Å²) < 4.78 is 0. The molecule has 0 aromatic rings. The van der Waals surface area contributed by atoms with Crippen molar-refractivity contribution < 1.29 is 5.11 Å². The van der Waals surface area contributed by atoms with Crippen LogP contribution in [0.15, 0.2) is 0 Å². The quantitative estimate of drug-likeness (QED) is 0.746. The summed E-state index contributed by atoms with van der Waals surface area (Å²) in [4.78, 5) is 2.52. The van der Waals surface area contributed by atoms with Gasteiger partial charge >= 0.3 is 0 Å². The zero-order chi connectivity index (χ0) is 12.9. The van der Waals surface area contributed by atoms with Crippen molar-refractivity contribution in [1.29, 1.82) is 0 Å². The van der Waals surface area contributed by atoms with Crippen LogP contribution in [-0.2, 0) is 0 Å². The number of nitrogens with zero attached hydrogens (tertiary/aromatic N) is 1. The second-order valence-electron chi connectivity index (χ2n) is 5.79. The van der Waals surface area contributed by atoms with E-state index in [1.165, 1.54) is 32.5 Å². The zero-order valence-corrected chi connectivity index (χ0v) is 12.0. The van der Waals surface area contributed by atoms with Crippen LogP contribution in [0.3, 0.4) is 0 Å². The molecule has 1 aliphatic heterocycles. The lowest BCUT2D eigenvalue weighted by molar-refractivity contribution is 0.0488. The van der Waals surface area contributed by atoms with Crippen LogP contribution in [0.25, 0.3) is 0 Å². The average Bonchev–Trinajstić information content (AvgIpc) is 2.36. The molecular weight excluding hydrogens is 212 g/mol. The summed E-state index contributed by atoms with van der Waals surface area (Å²) >= 11 is 0. The predicted molar refractivity (Wildman–Crippen MR) is 73.2 cm³/mol. The van der Waals surface area contributed by atoms with E-state index in [0.717, 1.165) is 12.3 Å². The van der Waals surface area contributed by atoms with Gasteiger partial charge in [-0.1, -0.05) is 13.8 Å². The largest absolute Gasteiger partial charge is 0.389 e. The number of nitrogens with one attached hydrogen (secondary N) is 1. The summed E-state index contributed by atoms with van der Waals surface area (Å²) in [6.07, 6.45) is 3.38. The first-order valence-electron chi connectivity index (χ1n) is 7.16. The second-order valence-corrected chi connectivity index (χ2v) is 5.79. The van der Waals surface area contributed by atoms with Gasteiger partial charge in [-0.2, -0.15) is 0 Å². The van der Waals surface area contributed by atoms with Crippen LogP contribution >= 0.6 is 0 Å². The van der Waals surface area contributed by atoms with Crippen LogP contribution in [0, 0.1) is 5.92 Å². The summed E-state index contributed by atoms with van der Waals surface area (Å²) in [5, 5.41) is 13.5. The molecule has 3 nitrogen and oxygen atoms in total. The molecule has 1 rings (SSSR count). The number of piperidine rings is 1. The lowest BCUT2D eigenvalue weighted by Crippen LogP contribution is -2.46. The molecule has 1 saturated heterocycles. The molecule has 1 fully saturated rings. The van der Waals surface area contributed by atoms with Crippen molar-refractivity contribution >= 4 is 0 Å². The van der Waals surface area contributed by atoms with Gasteiger partial charge in [-0.05, 0) is 58.7 Å². The van der Waals surface area contributed by atoms with E-state index in [2.05, 4.69) is 24.1 Å². The maximum atomic E-state index is 9.98. The first kappa shape index (κ1) is 14.9. The van der Waals surface area contributed by atoms with Gasteiger partial charge in [0.05, 0.1) is 5.60 Å². The van der Waals surface area contributed by atoms with Crippen molar-refractivity contribution in [3.8, 4) is 0 Å². The molecule has 0 spiro atoms. The van der Waals surface area contributed by atoms with Crippen molar-refractivity contribution in [3.63, 3.8) is 0 Å². The SMILES string of the molecule is CCN1CCC(C(C)NCC(C)(O)CC)CC1. The molecule has 17 heavy (non-hydrogen) atoms. The van der Waals surface area contributed by atoms with E-state index in [1.807, 2.05) is 13.8 Å². The fraction of sp³-hybridized carbons (Fsp3) is 1.00. The minimum absolute atomic E-state index is 0.520. The van der Waals surface area contributed by atoms with E-state index < -0.39 is 5.60 Å². The Hall–Kier alpha value is -0.120. The molecule has 0 aromatic carbocycles. The van der Waals surface area contributed by atoms with Crippen molar-refractivity contribution in [2.45, 2.75) is 58.6 Å². The summed E-state index contributed by atoms with van der Waals surface area (Å²) in [5.74, 6) is 0.769. The molecule has 1 heterocycles. The maximum absolute atomic E-state index is 9.98. The van der Waals surface area contributed by atoms with Gasteiger partial charge in [-0.25, -0.2) is 0 Å². The topological polar surface area (TPSA) is 35.5 Å². The van der Waals surface area contributed by atoms with Crippen molar-refractivity contribution in [3.05, 3.63) is 0 Å². The van der Waals surface area contributed by atoms with Crippen LogP contribution in [0.2, 0.25) is 0 Å². The van der Waals surface area contributed by atoms with Gasteiger partial charge in [0.15, 0.2) is 0 Å². The third-order valence-corrected chi connectivity index (χ3v) is 4.35. The van der Waals surface area contributed by atoms with Gasteiger partial charge in [-0.3, -0.25) is 0 Å². The van der Waals surface area contributed by atoms with Gasteiger partial charge in [0, 0.05) is 12.6 Å². The molecule has 0 aliphatic carbocycles. The molecule has 0 bridgehead atoms. The molecule has 1 aliphatic rings. The highest BCUT2D eigenvalue weighted by Crippen LogP contribution is 2.20. The lowest BCUT2D eigenvalue weighted by Gasteiger charge is -2.35. The van der Waals surface area contributed by atoms with Crippen LogP contribution in [0.1, 0.15) is 47.0 Å². The minimum atomic E-state index is -0.557. The Balaban J connectivity index is 2.27. The van der Waals surface area contributed by atoms with E-state index in [0.29, 0.717) is 12.6 Å². The van der Waals surface area contributed by atoms with Crippen molar-refractivity contribution in [2.75, 3.05) is 26.2 Å². The summed E-state index contributed by atoms with van der Waals surface area (Å²) in [6.45, 7) is 12.8. The van der Waals surface area contributed by atoms with Gasteiger partial charge in [0.25, 0.3) is 0 Å². The Morgan fingerprint density at radius 1 is 1.35 bits per heavy atom. The monoisotopic (exact) mass is 242 g/mol. The fourth-order valence-electron chi connectivity index (χ4n) is 2.44. The number of hydrogen-bond donors (Lipinski definition) is 2. The van der Waals surface area contributed by atoms with Gasteiger partial charge < -0.3 is 15.3 Å². The van der Waals surface area contributed by atoms with Crippen LogP contribution < -0.4 is 5.32 Å². The third kappa shape index (κ3) is 4.94. The number of hydrogen-bond acceptors (Lipinski definition) is 3. The van der Waals surface area contributed by atoms with Gasteiger partial charge in [0.2, 0.25) is 0 Å². The van der Waals surface area contributed by atoms with Crippen LogP contribution in [-0.4, -0.2) is 47.8 Å². The molecule has 0 saturated carbocycles. The van der Waals surface area contributed by atoms with E-state index in [4.69, 9.17) is 0 Å². The van der Waals surface area contributed by atoms with Gasteiger partial charge in [0.1, 0.15) is 0 Å². The fourth-order valence-corrected chi connectivity index (χ4v) is 2.44. The predicted octanol–water partition coefficient (Wildman–Crippen LogP) is 1.86. The molecule has 0 amide bonds. The standard InChI is InChI=1S/C14H30N2O/c1-5-14(4,17)11-15-12(3)13-7-9-16(6-2)10-8-13/h12-13,15,17H,5-11H2,1-4H3. The van der Waals surface area contributed by atoms with E-state index in [9.17, 15) is 5.11 Å². The molecule has 0 aromatic heterocycles. The number of aliphatic hydroxyl groups is 1. The normalized spacial score (nSPS) is 24.5. The van der Waals surface area contributed by atoms with Crippen molar-refractivity contribution in [2.24, 2.45) is 5.92 Å². The summed E-state index contributed by atoms with van der Waals surface area (Å²) in [7, 11) is 0. The smallest absolute Gasteiger partial charge is 0.0741 e.